The Hall–Kier alpha value is -0.570. The first-order chi connectivity index (χ1) is 6.24. The summed E-state index contributed by atoms with van der Waals surface area (Å²) < 4.78 is 4.90. The number of carbonyl (C=O) groups is 1. The molecule has 1 aliphatic carbocycles. The van der Waals surface area contributed by atoms with Crippen molar-refractivity contribution in [2.75, 3.05) is 13.2 Å². The number of carbonyl (C=O) groups excluding carboxylic acids is 1. The van der Waals surface area contributed by atoms with E-state index in [2.05, 4.69) is 5.32 Å². The van der Waals surface area contributed by atoms with Crippen LogP contribution in [0.2, 0.25) is 0 Å². The van der Waals surface area contributed by atoms with Gasteiger partial charge in [0.25, 0.3) is 0 Å². The predicted octanol–water partition coefficient (Wildman–Crippen LogP) is 1.08. The van der Waals surface area contributed by atoms with E-state index < -0.39 is 0 Å². The van der Waals surface area contributed by atoms with Crippen LogP contribution in [0.25, 0.3) is 0 Å². The Labute approximate surface area is 78.8 Å². The summed E-state index contributed by atoms with van der Waals surface area (Å²) in [6, 6.07) is 0. The van der Waals surface area contributed by atoms with Crippen molar-refractivity contribution in [2.45, 2.75) is 38.1 Å². The number of esters is 1. The summed E-state index contributed by atoms with van der Waals surface area (Å²) in [6.45, 7) is 3.51. The Kier molecular flexibility index (Phi) is 2.28. The molecule has 13 heavy (non-hydrogen) atoms. The largest absolute Gasteiger partial charge is 0.466 e. The normalized spacial score (nSPS) is 35.6. The molecule has 3 aliphatic rings. The maximum absolute atomic E-state index is 11.1. The zero-order valence-corrected chi connectivity index (χ0v) is 8.14. The van der Waals surface area contributed by atoms with E-state index in [1.165, 1.54) is 12.8 Å². The smallest absolute Gasteiger partial charge is 0.305 e. The van der Waals surface area contributed by atoms with Gasteiger partial charge in [0.2, 0.25) is 0 Å². The SMILES string of the molecule is CCOC(=O)CCC12CC(CN1)C2. The summed E-state index contributed by atoms with van der Waals surface area (Å²) >= 11 is 0. The Morgan fingerprint density at radius 1 is 1.62 bits per heavy atom. The molecular weight excluding hydrogens is 166 g/mol. The van der Waals surface area contributed by atoms with Crippen LogP contribution in [0, 0.1) is 5.92 Å². The van der Waals surface area contributed by atoms with Gasteiger partial charge in [-0.15, -0.1) is 0 Å². The first-order valence-electron chi connectivity index (χ1n) is 5.15. The van der Waals surface area contributed by atoms with Crippen molar-refractivity contribution < 1.29 is 9.53 Å². The Morgan fingerprint density at radius 2 is 2.38 bits per heavy atom. The Morgan fingerprint density at radius 3 is 2.92 bits per heavy atom. The van der Waals surface area contributed by atoms with Crippen LogP contribution < -0.4 is 5.32 Å². The number of ether oxygens (including phenoxy) is 1. The highest BCUT2D eigenvalue weighted by atomic mass is 16.5. The van der Waals surface area contributed by atoms with Gasteiger partial charge in [-0.05, 0) is 38.6 Å². The Bertz CT molecular complexity index is 203. The standard InChI is InChI=1S/C10H17NO2/c1-2-13-9(12)3-4-10-5-8(6-10)7-11-10/h8,11H,2-7H2,1H3. The van der Waals surface area contributed by atoms with E-state index in [1.807, 2.05) is 6.92 Å². The number of hydrogen-bond acceptors (Lipinski definition) is 3. The van der Waals surface area contributed by atoms with Gasteiger partial charge in [0.05, 0.1) is 6.61 Å². The fourth-order valence-electron chi connectivity index (χ4n) is 2.56. The second-order valence-corrected chi connectivity index (χ2v) is 4.24. The van der Waals surface area contributed by atoms with Crippen LogP contribution in [0.4, 0.5) is 0 Å². The fourth-order valence-corrected chi connectivity index (χ4v) is 2.56. The second kappa shape index (κ2) is 3.29. The van der Waals surface area contributed by atoms with Gasteiger partial charge in [-0.2, -0.15) is 0 Å². The van der Waals surface area contributed by atoms with Crippen LogP contribution in [0.5, 0.6) is 0 Å². The van der Waals surface area contributed by atoms with Crippen LogP contribution in [0.15, 0.2) is 0 Å². The van der Waals surface area contributed by atoms with Crippen LogP contribution in [0.3, 0.4) is 0 Å². The van der Waals surface area contributed by atoms with Gasteiger partial charge in [-0.1, -0.05) is 0 Å². The third kappa shape index (κ3) is 1.70. The molecule has 3 fully saturated rings. The van der Waals surface area contributed by atoms with Crippen molar-refractivity contribution in [1.82, 2.24) is 5.32 Å². The maximum Gasteiger partial charge on any atom is 0.305 e. The molecule has 0 unspecified atom stereocenters. The molecule has 0 aromatic rings. The molecule has 3 nitrogen and oxygen atoms in total. The van der Waals surface area contributed by atoms with Gasteiger partial charge in [-0.3, -0.25) is 4.79 Å². The summed E-state index contributed by atoms with van der Waals surface area (Å²) in [7, 11) is 0. The van der Waals surface area contributed by atoms with Gasteiger partial charge < -0.3 is 10.1 Å². The van der Waals surface area contributed by atoms with Crippen molar-refractivity contribution in [2.24, 2.45) is 5.92 Å². The summed E-state index contributed by atoms with van der Waals surface area (Å²) in [4.78, 5) is 11.1. The maximum atomic E-state index is 11.1. The molecule has 0 atom stereocenters. The summed E-state index contributed by atoms with van der Waals surface area (Å²) in [5.41, 5.74) is 0.317. The van der Waals surface area contributed by atoms with Gasteiger partial charge in [0.1, 0.15) is 0 Å². The molecule has 0 amide bonds. The lowest BCUT2D eigenvalue weighted by molar-refractivity contribution is -0.143. The van der Waals surface area contributed by atoms with Crippen molar-refractivity contribution in [3.63, 3.8) is 0 Å². The molecule has 2 heterocycles. The van der Waals surface area contributed by atoms with Crippen LogP contribution >= 0.6 is 0 Å². The van der Waals surface area contributed by atoms with E-state index in [1.54, 1.807) is 0 Å². The number of rotatable bonds is 4. The average Bonchev–Trinajstić information content (AvgIpc) is 2.59. The summed E-state index contributed by atoms with van der Waals surface area (Å²) in [5.74, 6) is 0.844. The van der Waals surface area contributed by atoms with Crippen LogP contribution in [0.1, 0.15) is 32.6 Å². The summed E-state index contributed by atoms with van der Waals surface area (Å²) in [6.07, 6.45) is 4.08. The van der Waals surface area contributed by atoms with Gasteiger partial charge in [-0.25, -0.2) is 0 Å². The van der Waals surface area contributed by atoms with E-state index in [9.17, 15) is 4.79 Å². The first kappa shape index (κ1) is 9.00. The summed E-state index contributed by atoms with van der Waals surface area (Å²) in [5, 5.41) is 3.50. The minimum absolute atomic E-state index is 0.0472. The number of hydrogen-bond donors (Lipinski definition) is 1. The predicted molar refractivity (Wildman–Crippen MR) is 49.3 cm³/mol. The minimum Gasteiger partial charge on any atom is -0.466 e. The van der Waals surface area contributed by atoms with Crippen molar-refractivity contribution in [3.8, 4) is 0 Å². The lowest BCUT2D eigenvalue weighted by Crippen LogP contribution is -2.43. The monoisotopic (exact) mass is 183 g/mol. The highest BCUT2D eigenvalue weighted by molar-refractivity contribution is 5.69. The van der Waals surface area contributed by atoms with E-state index in [0.29, 0.717) is 18.6 Å². The average molecular weight is 183 g/mol. The first-order valence-corrected chi connectivity index (χ1v) is 5.15. The zero-order valence-electron chi connectivity index (χ0n) is 8.14. The van der Waals surface area contributed by atoms with Gasteiger partial charge >= 0.3 is 5.97 Å². The molecule has 1 N–H and O–H groups in total. The van der Waals surface area contributed by atoms with Crippen molar-refractivity contribution in [3.05, 3.63) is 0 Å². The minimum atomic E-state index is -0.0472. The number of fused-ring (bicyclic) bond motifs is 1. The fraction of sp³-hybridized carbons (Fsp3) is 0.900. The molecule has 0 aromatic heterocycles. The third-order valence-corrected chi connectivity index (χ3v) is 3.24. The van der Waals surface area contributed by atoms with E-state index in [0.717, 1.165) is 18.9 Å². The van der Waals surface area contributed by atoms with Gasteiger partial charge in [0, 0.05) is 12.0 Å². The van der Waals surface area contributed by atoms with Crippen molar-refractivity contribution >= 4 is 5.97 Å². The quantitative estimate of drug-likeness (QED) is 0.663. The lowest BCUT2D eigenvalue weighted by Gasteiger charge is -2.37. The molecule has 3 rings (SSSR count). The van der Waals surface area contributed by atoms with Crippen LogP contribution in [-0.4, -0.2) is 24.7 Å². The van der Waals surface area contributed by atoms with Crippen LogP contribution in [-0.2, 0) is 9.53 Å². The molecule has 0 radical (unpaired) electrons. The molecule has 2 bridgehead atoms. The third-order valence-electron chi connectivity index (χ3n) is 3.24. The second-order valence-electron chi connectivity index (χ2n) is 4.24. The number of nitrogens with one attached hydrogen (secondary N) is 1. The molecule has 3 heteroatoms. The molecular formula is C10H17NO2. The highest BCUT2D eigenvalue weighted by Gasteiger charge is 2.49. The lowest BCUT2D eigenvalue weighted by atomic mass is 9.71. The van der Waals surface area contributed by atoms with E-state index >= 15 is 0 Å². The van der Waals surface area contributed by atoms with Gasteiger partial charge in [0.15, 0.2) is 0 Å². The molecule has 2 aliphatic heterocycles. The van der Waals surface area contributed by atoms with Crippen molar-refractivity contribution in [1.29, 1.82) is 0 Å². The Balaban J connectivity index is 1.70. The zero-order chi connectivity index (χ0) is 9.31. The molecule has 2 saturated heterocycles. The molecule has 74 valence electrons. The highest BCUT2D eigenvalue weighted by Crippen LogP contribution is 2.46. The molecule has 0 aromatic carbocycles. The van der Waals surface area contributed by atoms with E-state index in [4.69, 9.17) is 4.74 Å². The molecule has 0 spiro atoms. The molecule has 1 saturated carbocycles. The topological polar surface area (TPSA) is 38.3 Å². The van der Waals surface area contributed by atoms with E-state index in [-0.39, 0.29) is 5.97 Å².